The Morgan fingerprint density at radius 2 is 1.96 bits per heavy atom. The maximum Gasteiger partial charge on any atom is 0.417 e. The second kappa shape index (κ2) is 5.36. The molecule has 0 spiro atoms. The Hall–Kier alpha value is -2.38. The van der Waals surface area contributed by atoms with Crippen LogP contribution in [0.2, 0.25) is 0 Å². The van der Waals surface area contributed by atoms with Gasteiger partial charge in [-0.25, -0.2) is 14.1 Å². The summed E-state index contributed by atoms with van der Waals surface area (Å²) in [4.78, 5) is 24.8. The number of hydrogen-bond donors (Lipinski definition) is 0. The Morgan fingerprint density at radius 1 is 1.35 bits per heavy atom. The molecule has 2 amide bonds. The zero-order valence-electron chi connectivity index (χ0n) is 12.3. The van der Waals surface area contributed by atoms with E-state index in [1.54, 1.807) is 0 Å². The van der Waals surface area contributed by atoms with Crippen LogP contribution in [0.25, 0.3) is 5.57 Å². The number of imide groups is 1. The molecule has 2 rings (SSSR count). The summed E-state index contributed by atoms with van der Waals surface area (Å²) in [5.41, 5.74) is -3.50. The van der Waals surface area contributed by atoms with Crippen LogP contribution in [0.4, 0.5) is 22.4 Å². The Kier molecular flexibility index (Phi) is 3.96. The standard InChI is InChI=1S/C15H13F4NO3/c1-8(12(21)20-13(22)23-7-14(20,2)3)10-5-4-9(16)6-11(10)15(17,18)19/h4-6H,1,7H2,2-3H3. The third kappa shape index (κ3) is 3.06. The lowest BCUT2D eigenvalue weighted by molar-refractivity contribution is -0.138. The smallest absolute Gasteiger partial charge is 0.417 e. The van der Waals surface area contributed by atoms with E-state index >= 15 is 0 Å². The number of nitrogens with zero attached hydrogens (tertiary/aromatic N) is 1. The highest BCUT2D eigenvalue weighted by Crippen LogP contribution is 2.36. The number of carbonyl (C=O) groups is 2. The molecule has 23 heavy (non-hydrogen) atoms. The first-order valence-corrected chi connectivity index (χ1v) is 6.52. The normalized spacial score (nSPS) is 17.1. The van der Waals surface area contributed by atoms with Crippen molar-refractivity contribution in [3.63, 3.8) is 0 Å². The molecular formula is C15H13F4NO3. The van der Waals surface area contributed by atoms with E-state index in [2.05, 4.69) is 6.58 Å². The van der Waals surface area contributed by atoms with Crippen LogP contribution in [0.1, 0.15) is 25.0 Å². The predicted molar refractivity (Wildman–Crippen MR) is 72.7 cm³/mol. The van der Waals surface area contributed by atoms with Gasteiger partial charge >= 0.3 is 12.3 Å². The lowest BCUT2D eigenvalue weighted by Crippen LogP contribution is -2.46. The molecule has 0 radical (unpaired) electrons. The average molecular weight is 331 g/mol. The van der Waals surface area contributed by atoms with Crippen LogP contribution in [0.15, 0.2) is 24.8 Å². The van der Waals surface area contributed by atoms with Crippen molar-refractivity contribution in [1.82, 2.24) is 4.90 Å². The molecule has 0 saturated carbocycles. The Labute approximate surface area is 129 Å². The fourth-order valence-corrected chi connectivity index (χ4v) is 2.24. The predicted octanol–water partition coefficient (Wildman–Crippen LogP) is 3.62. The average Bonchev–Trinajstić information content (AvgIpc) is 2.70. The van der Waals surface area contributed by atoms with Crippen molar-refractivity contribution in [1.29, 1.82) is 0 Å². The molecule has 1 aromatic rings. The third-order valence-corrected chi connectivity index (χ3v) is 3.41. The Balaban J connectivity index is 2.46. The number of carbonyl (C=O) groups excluding carboxylic acids is 2. The molecule has 1 aliphatic rings. The van der Waals surface area contributed by atoms with Crippen LogP contribution in [0.5, 0.6) is 0 Å². The van der Waals surface area contributed by atoms with Gasteiger partial charge in [0.25, 0.3) is 5.91 Å². The van der Waals surface area contributed by atoms with E-state index in [9.17, 15) is 27.2 Å². The van der Waals surface area contributed by atoms with Gasteiger partial charge in [-0.05, 0) is 31.5 Å². The summed E-state index contributed by atoms with van der Waals surface area (Å²) in [6, 6.07) is 1.88. The summed E-state index contributed by atoms with van der Waals surface area (Å²) in [6.45, 7) is 6.32. The van der Waals surface area contributed by atoms with Gasteiger partial charge in [0.15, 0.2) is 0 Å². The second-order valence-corrected chi connectivity index (χ2v) is 5.67. The molecular weight excluding hydrogens is 318 g/mol. The highest BCUT2D eigenvalue weighted by Gasteiger charge is 2.46. The van der Waals surface area contributed by atoms with E-state index < -0.39 is 46.2 Å². The first-order chi connectivity index (χ1) is 10.4. The van der Waals surface area contributed by atoms with Gasteiger partial charge in [-0.2, -0.15) is 13.2 Å². The summed E-state index contributed by atoms with van der Waals surface area (Å²) in [6.07, 6.45) is -5.83. The van der Waals surface area contributed by atoms with E-state index in [4.69, 9.17) is 4.74 Å². The number of hydrogen-bond acceptors (Lipinski definition) is 3. The van der Waals surface area contributed by atoms with Crippen molar-refractivity contribution in [3.8, 4) is 0 Å². The Morgan fingerprint density at radius 3 is 2.43 bits per heavy atom. The van der Waals surface area contributed by atoms with Crippen LogP contribution in [0, 0.1) is 5.82 Å². The van der Waals surface area contributed by atoms with Gasteiger partial charge in [0.2, 0.25) is 0 Å². The number of halogens is 4. The van der Waals surface area contributed by atoms with Gasteiger partial charge in [-0.1, -0.05) is 12.6 Å². The van der Waals surface area contributed by atoms with Gasteiger partial charge in [0.05, 0.1) is 11.1 Å². The van der Waals surface area contributed by atoms with Crippen molar-refractivity contribution in [3.05, 3.63) is 41.7 Å². The summed E-state index contributed by atoms with van der Waals surface area (Å²) in [7, 11) is 0. The molecule has 1 saturated heterocycles. The largest absolute Gasteiger partial charge is 0.447 e. The fraction of sp³-hybridized carbons (Fsp3) is 0.333. The van der Waals surface area contributed by atoms with Crippen molar-refractivity contribution in [2.24, 2.45) is 0 Å². The van der Waals surface area contributed by atoms with E-state index in [1.165, 1.54) is 13.8 Å². The van der Waals surface area contributed by atoms with Crippen LogP contribution >= 0.6 is 0 Å². The molecule has 124 valence electrons. The zero-order chi connectivity index (χ0) is 17.6. The molecule has 0 N–H and O–H groups in total. The maximum atomic E-state index is 13.1. The molecule has 0 unspecified atom stereocenters. The molecule has 0 bridgehead atoms. The van der Waals surface area contributed by atoms with Crippen molar-refractivity contribution >= 4 is 17.6 Å². The van der Waals surface area contributed by atoms with Crippen LogP contribution in [-0.2, 0) is 15.7 Å². The topological polar surface area (TPSA) is 46.6 Å². The minimum Gasteiger partial charge on any atom is -0.447 e. The lowest BCUT2D eigenvalue weighted by Gasteiger charge is -2.27. The number of ether oxygens (including phenoxy) is 1. The third-order valence-electron chi connectivity index (χ3n) is 3.41. The SMILES string of the molecule is C=C(C(=O)N1C(=O)OCC1(C)C)c1ccc(F)cc1C(F)(F)F. The number of benzene rings is 1. The van der Waals surface area contributed by atoms with E-state index in [-0.39, 0.29) is 12.7 Å². The lowest BCUT2D eigenvalue weighted by atomic mass is 9.97. The molecule has 0 aliphatic carbocycles. The quantitative estimate of drug-likeness (QED) is 0.614. The van der Waals surface area contributed by atoms with E-state index in [0.717, 1.165) is 12.1 Å². The van der Waals surface area contributed by atoms with Gasteiger partial charge < -0.3 is 4.74 Å². The Bertz CT molecular complexity index is 694. The van der Waals surface area contributed by atoms with Crippen LogP contribution in [-0.4, -0.2) is 29.0 Å². The second-order valence-electron chi connectivity index (χ2n) is 5.67. The summed E-state index contributed by atoms with van der Waals surface area (Å²) in [5, 5.41) is 0. The van der Waals surface area contributed by atoms with Gasteiger partial charge in [0.1, 0.15) is 12.4 Å². The van der Waals surface area contributed by atoms with Gasteiger partial charge in [0, 0.05) is 5.57 Å². The molecule has 1 fully saturated rings. The molecule has 0 atom stereocenters. The highest BCUT2D eigenvalue weighted by molar-refractivity contribution is 6.23. The van der Waals surface area contributed by atoms with E-state index in [0.29, 0.717) is 4.90 Å². The zero-order valence-corrected chi connectivity index (χ0v) is 12.3. The number of amides is 2. The first-order valence-electron chi connectivity index (χ1n) is 6.52. The van der Waals surface area contributed by atoms with E-state index in [1.807, 2.05) is 0 Å². The number of rotatable bonds is 2. The molecule has 1 aromatic carbocycles. The maximum absolute atomic E-state index is 13.1. The highest BCUT2D eigenvalue weighted by atomic mass is 19.4. The monoisotopic (exact) mass is 331 g/mol. The summed E-state index contributed by atoms with van der Waals surface area (Å²) < 4.78 is 57.0. The van der Waals surface area contributed by atoms with Crippen molar-refractivity contribution in [2.75, 3.05) is 6.61 Å². The molecule has 1 aliphatic heterocycles. The van der Waals surface area contributed by atoms with Crippen LogP contribution in [0.3, 0.4) is 0 Å². The first kappa shape index (κ1) is 17.0. The summed E-state index contributed by atoms with van der Waals surface area (Å²) in [5.74, 6) is -2.11. The fourth-order valence-electron chi connectivity index (χ4n) is 2.24. The number of alkyl halides is 3. The molecule has 0 aromatic heterocycles. The molecule has 4 nitrogen and oxygen atoms in total. The molecule has 8 heteroatoms. The van der Waals surface area contributed by atoms with Crippen molar-refractivity contribution < 1.29 is 31.9 Å². The summed E-state index contributed by atoms with van der Waals surface area (Å²) >= 11 is 0. The number of cyclic esters (lactones) is 1. The van der Waals surface area contributed by atoms with Crippen LogP contribution < -0.4 is 0 Å². The van der Waals surface area contributed by atoms with Gasteiger partial charge in [-0.15, -0.1) is 0 Å². The minimum absolute atomic E-state index is 0.0829. The van der Waals surface area contributed by atoms with Gasteiger partial charge in [-0.3, -0.25) is 4.79 Å². The molecule has 1 heterocycles. The van der Waals surface area contributed by atoms with Crippen molar-refractivity contribution in [2.45, 2.75) is 25.6 Å². The minimum atomic E-state index is -4.87.